The maximum Gasteiger partial charge on any atom is 0.258 e. The lowest BCUT2D eigenvalue weighted by Gasteiger charge is -2.45. The van der Waals surface area contributed by atoms with E-state index in [-0.39, 0.29) is 11.5 Å². The fourth-order valence-electron chi connectivity index (χ4n) is 5.09. The Hall–Kier alpha value is -2.21. The van der Waals surface area contributed by atoms with Gasteiger partial charge in [-0.15, -0.1) is 0 Å². The van der Waals surface area contributed by atoms with Crippen molar-refractivity contribution in [1.82, 2.24) is 19.8 Å². The summed E-state index contributed by atoms with van der Waals surface area (Å²) in [6.45, 7) is 3.33. The van der Waals surface area contributed by atoms with Gasteiger partial charge in [-0.3, -0.25) is 9.59 Å². The molecule has 0 bridgehead atoms. The van der Waals surface area contributed by atoms with E-state index in [0.29, 0.717) is 47.9 Å². The minimum atomic E-state index is -0.108. The Balaban J connectivity index is 1.29. The Labute approximate surface area is 172 Å². The number of hydrogen-bond donors (Lipinski definition) is 1. The van der Waals surface area contributed by atoms with Crippen LogP contribution in [0.5, 0.6) is 0 Å². The summed E-state index contributed by atoms with van der Waals surface area (Å²) in [5.74, 6) is 1.46. The van der Waals surface area contributed by atoms with Gasteiger partial charge in [0.2, 0.25) is 5.91 Å². The molecule has 0 radical (unpaired) electrons. The van der Waals surface area contributed by atoms with Crippen LogP contribution < -0.4 is 5.56 Å². The lowest BCUT2D eigenvalue weighted by molar-refractivity contribution is -0.131. The number of hydrogen-bond acceptors (Lipinski definition) is 4. The second-order valence-corrected chi connectivity index (χ2v) is 8.66. The van der Waals surface area contributed by atoms with Crippen LogP contribution in [0.3, 0.4) is 0 Å². The van der Waals surface area contributed by atoms with Crippen molar-refractivity contribution in [2.45, 2.75) is 57.4 Å². The van der Waals surface area contributed by atoms with E-state index in [4.69, 9.17) is 0 Å². The van der Waals surface area contributed by atoms with E-state index in [2.05, 4.69) is 14.9 Å². The van der Waals surface area contributed by atoms with Crippen LogP contribution in [0, 0.1) is 5.92 Å². The molecule has 0 aliphatic carbocycles. The van der Waals surface area contributed by atoms with Crippen LogP contribution in [0.15, 0.2) is 29.1 Å². The standard InChI is InChI=1S/C23H32N4O2/c1-26(16-17-8-7-15-27-14-5-4-11-20(17)27)22(28)13-6-12-21-24-19-10-3-2-9-18(19)23(29)25-21/h2-3,9-10,17,20H,4-8,11-16H2,1H3,(H,24,25,29). The molecule has 1 aromatic heterocycles. The maximum absolute atomic E-state index is 12.7. The highest BCUT2D eigenvalue weighted by molar-refractivity contribution is 5.77. The van der Waals surface area contributed by atoms with Crippen molar-refractivity contribution in [2.75, 3.05) is 26.7 Å². The van der Waals surface area contributed by atoms with Gasteiger partial charge in [0.1, 0.15) is 5.82 Å². The Bertz CT molecular complexity index is 907. The third-order valence-corrected chi connectivity index (χ3v) is 6.63. The van der Waals surface area contributed by atoms with Gasteiger partial charge in [0.05, 0.1) is 10.9 Å². The normalized spacial score (nSPS) is 22.4. The molecule has 29 heavy (non-hydrogen) atoms. The molecule has 2 aliphatic heterocycles. The first-order valence-electron chi connectivity index (χ1n) is 11.1. The van der Waals surface area contributed by atoms with E-state index in [0.717, 1.165) is 6.54 Å². The van der Waals surface area contributed by atoms with Crippen LogP contribution in [-0.4, -0.2) is 58.4 Å². The summed E-state index contributed by atoms with van der Waals surface area (Å²) in [5.41, 5.74) is 0.604. The van der Waals surface area contributed by atoms with Crippen molar-refractivity contribution in [3.63, 3.8) is 0 Å². The second kappa shape index (κ2) is 9.08. The van der Waals surface area contributed by atoms with Crippen LogP contribution in [-0.2, 0) is 11.2 Å². The predicted octanol–water partition coefficient (Wildman–Crippen LogP) is 2.97. The van der Waals surface area contributed by atoms with Gasteiger partial charge in [-0.05, 0) is 63.2 Å². The molecule has 4 rings (SSSR count). The largest absolute Gasteiger partial charge is 0.345 e. The summed E-state index contributed by atoms with van der Waals surface area (Å²) < 4.78 is 0. The van der Waals surface area contributed by atoms with E-state index in [9.17, 15) is 9.59 Å². The number of benzene rings is 1. The number of fused-ring (bicyclic) bond motifs is 2. The predicted molar refractivity (Wildman–Crippen MR) is 115 cm³/mol. The van der Waals surface area contributed by atoms with E-state index < -0.39 is 0 Å². The Morgan fingerprint density at radius 1 is 1.21 bits per heavy atom. The van der Waals surface area contributed by atoms with Crippen molar-refractivity contribution in [3.05, 3.63) is 40.4 Å². The van der Waals surface area contributed by atoms with Gasteiger partial charge in [-0.2, -0.15) is 0 Å². The van der Waals surface area contributed by atoms with Crippen LogP contribution in [0.1, 0.15) is 50.8 Å². The number of para-hydroxylation sites is 1. The number of aryl methyl sites for hydroxylation is 1. The van der Waals surface area contributed by atoms with E-state index in [1.165, 1.54) is 45.2 Å². The number of carbonyl (C=O) groups is 1. The summed E-state index contributed by atoms with van der Waals surface area (Å²) in [6.07, 6.45) is 8.23. The highest BCUT2D eigenvalue weighted by Gasteiger charge is 2.33. The third kappa shape index (κ3) is 4.69. The molecule has 0 saturated carbocycles. The lowest BCUT2D eigenvalue weighted by Crippen LogP contribution is -2.51. The highest BCUT2D eigenvalue weighted by Crippen LogP contribution is 2.31. The molecule has 2 fully saturated rings. The van der Waals surface area contributed by atoms with Crippen LogP contribution >= 0.6 is 0 Å². The number of rotatable bonds is 6. The van der Waals surface area contributed by atoms with Crippen molar-refractivity contribution in [1.29, 1.82) is 0 Å². The van der Waals surface area contributed by atoms with Crippen LogP contribution in [0.2, 0.25) is 0 Å². The Morgan fingerprint density at radius 3 is 2.93 bits per heavy atom. The van der Waals surface area contributed by atoms with E-state index in [1.807, 2.05) is 30.1 Å². The van der Waals surface area contributed by atoms with Crippen molar-refractivity contribution < 1.29 is 4.79 Å². The molecule has 3 heterocycles. The molecule has 2 aliphatic rings. The Kier molecular flexibility index (Phi) is 6.28. The van der Waals surface area contributed by atoms with Crippen LogP contribution in [0.25, 0.3) is 10.9 Å². The molecule has 0 spiro atoms. The molecule has 2 saturated heterocycles. The molecule has 2 atom stereocenters. The SMILES string of the molecule is CN(CC1CCCN2CCCCC12)C(=O)CCCc1nc2ccccc2c(=O)[nH]1. The fourth-order valence-corrected chi connectivity index (χ4v) is 5.09. The molecule has 1 amide bonds. The minimum absolute atomic E-state index is 0.108. The average Bonchev–Trinajstić information content (AvgIpc) is 2.74. The fraction of sp³-hybridized carbons (Fsp3) is 0.609. The number of aromatic nitrogens is 2. The molecule has 2 aromatic rings. The van der Waals surface area contributed by atoms with Gasteiger partial charge >= 0.3 is 0 Å². The first-order valence-corrected chi connectivity index (χ1v) is 11.1. The number of H-pyrrole nitrogens is 1. The smallest absolute Gasteiger partial charge is 0.258 e. The number of aromatic amines is 1. The first kappa shape index (κ1) is 20.1. The van der Waals surface area contributed by atoms with Gasteiger partial charge in [0, 0.05) is 32.5 Å². The van der Waals surface area contributed by atoms with Gasteiger partial charge in [-0.1, -0.05) is 18.6 Å². The number of nitrogens with zero attached hydrogens (tertiary/aromatic N) is 3. The lowest BCUT2D eigenvalue weighted by atomic mass is 9.83. The van der Waals surface area contributed by atoms with E-state index >= 15 is 0 Å². The second-order valence-electron chi connectivity index (χ2n) is 8.66. The van der Waals surface area contributed by atoms with Gasteiger partial charge in [0.15, 0.2) is 0 Å². The summed E-state index contributed by atoms with van der Waals surface area (Å²) in [7, 11) is 1.94. The third-order valence-electron chi connectivity index (χ3n) is 6.63. The zero-order valence-corrected chi connectivity index (χ0v) is 17.4. The molecule has 2 unspecified atom stereocenters. The zero-order valence-electron chi connectivity index (χ0n) is 17.4. The van der Waals surface area contributed by atoms with Crippen molar-refractivity contribution in [2.24, 2.45) is 5.92 Å². The van der Waals surface area contributed by atoms with E-state index in [1.54, 1.807) is 6.07 Å². The van der Waals surface area contributed by atoms with Gasteiger partial charge in [-0.25, -0.2) is 4.98 Å². The number of carbonyl (C=O) groups excluding carboxylic acids is 1. The topological polar surface area (TPSA) is 69.3 Å². The average molecular weight is 397 g/mol. The number of piperidine rings is 2. The monoisotopic (exact) mass is 396 g/mol. The molecular formula is C23H32N4O2. The number of amides is 1. The summed E-state index contributed by atoms with van der Waals surface area (Å²) in [5, 5.41) is 0.608. The summed E-state index contributed by atoms with van der Waals surface area (Å²) in [4.78, 5) is 36.8. The first-order chi connectivity index (χ1) is 14.1. The molecule has 156 valence electrons. The Morgan fingerprint density at radius 2 is 2.03 bits per heavy atom. The highest BCUT2D eigenvalue weighted by atomic mass is 16.2. The minimum Gasteiger partial charge on any atom is -0.345 e. The molecule has 1 aromatic carbocycles. The van der Waals surface area contributed by atoms with Crippen molar-refractivity contribution in [3.8, 4) is 0 Å². The molecular weight excluding hydrogens is 364 g/mol. The summed E-state index contributed by atoms with van der Waals surface area (Å²) >= 11 is 0. The quantitative estimate of drug-likeness (QED) is 0.815. The maximum atomic E-state index is 12.7. The molecule has 6 nitrogen and oxygen atoms in total. The molecule has 6 heteroatoms. The molecule has 1 N–H and O–H groups in total. The zero-order chi connectivity index (χ0) is 20.2. The van der Waals surface area contributed by atoms with Gasteiger partial charge < -0.3 is 14.8 Å². The number of nitrogens with one attached hydrogen (secondary N) is 1. The van der Waals surface area contributed by atoms with Crippen molar-refractivity contribution >= 4 is 16.8 Å². The van der Waals surface area contributed by atoms with Gasteiger partial charge in [0.25, 0.3) is 5.56 Å². The van der Waals surface area contributed by atoms with Crippen LogP contribution in [0.4, 0.5) is 0 Å². The summed E-state index contributed by atoms with van der Waals surface area (Å²) in [6, 6.07) is 8.02.